The molecule has 0 aromatic carbocycles. The zero-order chi connectivity index (χ0) is 10.1. The van der Waals surface area contributed by atoms with Crippen LogP contribution in [0.2, 0.25) is 0 Å². The minimum atomic E-state index is 0.298. The van der Waals surface area contributed by atoms with Crippen LogP contribution in [0.5, 0.6) is 0 Å². The summed E-state index contributed by atoms with van der Waals surface area (Å²) in [6.07, 6.45) is 3.12. The second-order valence-electron chi connectivity index (χ2n) is 3.46. The monoisotopic (exact) mass is 208 g/mol. The maximum atomic E-state index is 8.93. The summed E-state index contributed by atoms with van der Waals surface area (Å²) in [6.45, 7) is 0. The molecule has 0 saturated carbocycles. The molecule has 14 heavy (non-hydrogen) atoms. The van der Waals surface area contributed by atoms with Gasteiger partial charge in [0, 0.05) is 18.4 Å². The van der Waals surface area contributed by atoms with Crippen LogP contribution in [0, 0.1) is 11.3 Å². The first-order chi connectivity index (χ1) is 6.76. The molecule has 0 fully saturated rings. The fourth-order valence-electron chi connectivity index (χ4n) is 1.90. The van der Waals surface area contributed by atoms with Crippen LogP contribution in [0.25, 0.3) is 0 Å². The molecule has 0 bridgehead atoms. The Bertz CT molecular complexity index is 392. The van der Waals surface area contributed by atoms with Gasteiger partial charge in [0.2, 0.25) is 0 Å². The summed E-state index contributed by atoms with van der Waals surface area (Å²) in [5.41, 5.74) is 7.62. The predicted molar refractivity (Wildman–Crippen MR) is 56.3 cm³/mol. The molecule has 0 radical (unpaired) electrons. The molecule has 1 aromatic rings. The Hall–Kier alpha value is -1.05. The van der Waals surface area contributed by atoms with Crippen LogP contribution in [-0.4, -0.2) is 13.2 Å². The van der Waals surface area contributed by atoms with Crippen molar-refractivity contribution in [3.63, 3.8) is 0 Å². The Morgan fingerprint density at radius 3 is 3.07 bits per heavy atom. The van der Waals surface area contributed by atoms with E-state index in [0.29, 0.717) is 16.7 Å². The standard InChI is InChI=1S/C10H12N2OS/c1-13-6-2-3-7-8(5-11)10(12)14-9(7)4-6/h6H,2-4,12H2,1H3/t6-/m1/s1. The van der Waals surface area contributed by atoms with Gasteiger partial charge in [-0.1, -0.05) is 0 Å². The Morgan fingerprint density at radius 2 is 2.43 bits per heavy atom. The number of fused-ring (bicyclic) bond motifs is 1. The smallest absolute Gasteiger partial charge is 0.104 e. The van der Waals surface area contributed by atoms with E-state index in [-0.39, 0.29) is 0 Å². The number of hydrogen-bond donors (Lipinski definition) is 1. The van der Waals surface area contributed by atoms with Crippen molar-refractivity contribution in [1.82, 2.24) is 0 Å². The summed E-state index contributed by atoms with van der Waals surface area (Å²) >= 11 is 1.54. The highest BCUT2D eigenvalue weighted by Gasteiger charge is 2.24. The predicted octanol–water partition coefficient (Wildman–Crippen LogP) is 1.71. The molecule has 74 valence electrons. The second-order valence-corrected chi connectivity index (χ2v) is 4.59. The molecule has 0 unspecified atom stereocenters. The molecule has 1 aliphatic rings. The van der Waals surface area contributed by atoms with Crippen molar-refractivity contribution in [2.75, 3.05) is 12.8 Å². The average molecular weight is 208 g/mol. The van der Waals surface area contributed by atoms with Crippen molar-refractivity contribution >= 4 is 16.3 Å². The maximum absolute atomic E-state index is 8.93. The first-order valence-electron chi connectivity index (χ1n) is 4.59. The van der Waals surface area contributed by atoms with Crippen molar-refractivity contribution in [2.45, 2.75) is 25.4 Å². The Morgan fingerprint density at radius 1 is 1.64 bits per heavy atom. The minimum Gasteiger partial charge on any atom is -0.389 e. The van der Waals surface area contributed by atoms with Crippen LogP contribution in [0.1, 0.15) is 22.4 Å². The van der Waals surface area contributed by atoms with Gasteiger partial charge in [-0.05, 0) is 18.4 Å². The highest BCUT2D eigenvalue weighted by atomic mass is 32.1. The quantitative estimate of drug-likeness (QED) is 0.764. The number of methoxy groups -OCH3 is 1. The number of nitrogens with zero attached hydrogens (tertiary/aromatic N) is 1. The number of nitrogens with two attached hydrogens (primary N) is 1. The molecule has 1 heterocycles. The molecule has 0 aliphatic heterocycles. The number of nitrogen functional groups attached to an aromatic ring is 1. The SMILES string of the molecule is CO[C@@H]1CCc2c(sc(N)c2C#N)C1. The highest BCUT2D eigenvalue weighted by Crippen LogP contribution is 2.36. The zero-order valence-corrected chi connectivity index (χ0v) is 8.86. The van der Waals surface area contributed by atoms with Crippen LogP contribution in [0.4, 0.5) is 5.00 Å². The van der Waals surface area contributed by atoms with Crippen molar-refractivity contribution in [3.8, 4) is 6.07 Å². The third kappa shape index (κ3) is 1.39. The number of hydrogen-bond acceptors (Lipinski definition) is 4. The molecule has 4 heteroatoms. The van der Waals surface area contributed by atoms with Crippen molar-refractivity contribution < 1.29 is 4.74 Å². The van der Waals surface area contributed by atoms with E-state index >= 15 is 0 Å². The molecule has 0 amide bonds. The Kier molecular flexibility index (Phi) is 2.44. The molecule has 2 rings (SSSR count). The van der Waals surface area contributed by atoms with Crippen LogP contribution < -0.4 is 5.73 Å². The topological polar surface area (TPSA) is 59.0 Å². The summed E-state index contributed by atoms with van der Waals surface area (Å²) < 4.78 is 5.31. The molecule has 0 saturated heterocycles. The molecule has 1 aromatic heterocycles. The van der Waals surface area contributed by atoms with Gasteiger partial charge in [-0.3, -0.25) is 0 Å². The first-order valence-corrected chi connectivity index (χ1v) is 5.40. The van der Waals surface area contributed by atoms with E-state index in [0.717, 1.165) is 24.8 Å². The normalized spacial score (nSPS) is 20.1. The minimum absolute atomic E-state index is 0.298. The van der Waals surface area contributed by atoms with E-state index in [1.165, 1.54) is 16.2 Å². The van der Waals surface area contributed by atoms with Gasteiger partial charge in [-0.2, -0.15) is 5.26 Å². The molecule has 2 N–H and O–H groups in total. The maximum Gasteiger partial charge on any atom is 0.104 e. The van der Waals surface area contributed by atoms with E-state index in [2.05, 4.69) is 6.07 Å². The summed E-state index contributed by atoms with van der Waals surface area (Å²) in [7, 11) is 1.73. The fourth-order valence-corrected chi connectivity index (χ4v) is 3.03. The van der Waals surface area contributed by atoms with Gasteiger partial charge in [0.05, 0.1) is 11.7 Å². The van der Waals surface area contributed by atoms with Gasteiger partial charge in [-0.25, -0.2) is 0 Å². The third-order valence-electron chi connectivity index (χ3n) is 2.69. The van der Waals surface area contributed by atoms with Gasteiger partial charge >= 0.3 is 0 Å². The van der Waals surface area contributed by atoms with Crippen molar-refractivity contribution in [2.24, 2.45) is 0 Å². The lowest BCUT2D eigenvalue weighted by Crippen LogP contribution is -2.19. The Balaban J connectivity index is 2.37. The van der Waals surface area contributed by atoms with Gasteiger partial charge in [0.15, 0.2) is 0 Å². The third-order valence-corrected chi connectivity index (χ3v) is 3.78. The summed E-state index contributed by atoms with van der Waals surface area (Å²) in [6, 6.07) is 2.18. The van der Waals surface area contributed by atoms with Gasteiger partial charge in [0.1, 0.15) is 11.1 Å². The lowest BCUT2D eigenvalue weighted by molar-refractivity contribution is 0.0920. The summed E-state index contributed by atoms with van der Waals surface area (Å²) in [5.74, 6) is 0. The number of anilines is 1. The van der Waals surface area contributed by atoms with Crippen LogP contribution in [0.3, 0.4) is 0 Å². The number of nitriles is 1. The second kappa shape index (κ2) is 3.60. The number of thiophene rings is 1. The lowest BCUT2D eigenvalue weighted by atomic mass is 9.94. The highest BCUT2D eigenvalue weighted by molar-refractivity contribution is 7.16. The van der Waals surface area contributed by atoms with Crippen LogP contribution >= 0.6 is 11.3 Å². The molecule has 3 nitrogen and oxygen atoms in total. The fraction of sp³-hybridized carbons (Fsp3) is 0.500. The number of ether oxygens (including phenoxy) is 1. The van der Waals surface area contributed by atoms with Crippen molar-refractivity contribution in [3.05, 3.63) is 16.0 Å². The van der Waals surface area contributed by atoms with E-state index in [1.54, 1.807) is 7.11 Å². The number of rotatable bonds is 1. The van der Waals surface area contributed by atoms with Crippen molar-refractivity contribution in [1.29, 1.82) is 5.26 Å². The molecule has 0 spiro atoms. The van der Waals surface area contributed by atoms with E-state index in [4.69, 9.17) is 15.7 Å². The van der Waals surface area contributed by atoms with Crippen LogP contribution in [-0.2, 0) is 17.6 Å². The largest absolute Gasteiger partial charge is 0.389 e. The molecular weight excluding hydrogens is 196 g/mol. The van der Waals surface area contributed by atoms with Gasteiger partial charge < -0.3 is 10.5 Å². The molecular formula is C10H12N2OS. The first kappa shape index (κ1) is 9.50. The van der Waals surface area contributed by atoms with E-state index in [9.17, 15) is 0 Å². The summed E-state index contributed by atoms with van der Waals surface area (Å²) in [5, 5.41) is 9.59. The summed E-state index contributed by atoms with van der Waals surface area (Å²) in [4.78, 5) is 1.23. The van der Waals surface area contributed by atoms with Gasteiger partial charge in [0.25, 0.3) is 0 Å². The van der Waals surface area contributed by atoms with Crippen LogP contribution in [0.15, 0.2) is 0 Å². The van der Waals surface area contributed by atoms with E-state index < -0.39 is 0 Å². The Labute approximate surface area is 87.1 Å². The average Bonchev–Trinajstić information content (AvgIpc) is 2.51. The van der Waals surface area contributed by atoms with Gasteiger partial charge in [-0.15, -0.1) is 11.3 Å². The van der Waals surface area contributed by atoms with E-state index in [1.807, 2.05) is 0 Å². The molecule has 1 atom stereocenters. The lowest BCUT2D eigenvalue weighted by Gasteiger charge is -2.20. The zero-order valence-electron chi connectivity index (χ0n) is 8.04. The molecule has 1 aliphatic carbocycles.